The van der Waals surface area contributed by atoms with Crippen LogP contribution in [0.4, 0.5) is 0 Å². The van der Waals surface area contributed by atoms with Crippen LogP contribution in [0.3, 0.4) is 0 Å². The molecular formula is C18H28N2O2. The van der Waals surface area contributed by atoms with Gasteiger partial charge in [-0.15, -0.1) is 0 Å². The zero-order chi connectivity index (χ0) is 15.6. The second kappa shape index (κ2) is 9.59. The smallest absolute Gasteiger partial charge is 0.246 e. The molecule has 0 atom stereocenters. The number of nitrogens with one attached hydrogen (secondary N) is 1. The number of rotatable bonds is 8. The summed E-state index contributed by atoms with van der Waals surface area (Å²) in [6.07, 6.45) is 4.37. The van der Waals surface area contributed by atoms with Gasteiger partial charge in [0.25, 0.3) is 0 Å². The number of nitrogens with zero attached hydrogens (tertiary/aromatic N) is 1. The van der Waals surface area contributed by atoms with Gasteiger partial charge in [-0.3, -0.25) is 9.69 Å². The molecule has 0 bridgehead atoms. The van der Waals surface area contributed by atoms with Crippen molar-refractivity contribution in [3.05, 3.63) is 35.9 Å². The number of amides is 1. The fourth-order valence-electron chi connectivity index (χ4n) is 2.72. The molecule has 1 aromatic carbocycles. The van der Waals surface area contributed by atoms with Crippen molar-refractivity contribution >= 4 is 5.91 Å². The van der Waals surface area contributed by atoms with Gasteiger partial charge >= 0.3 is 0 Å². The normalized spacial score (nSPS) is 16.6. The van der Waals surface area contributed by atoms with Gasteiger partial charge in [-0.1, -0.05) is 43.7 Å². The lowest BCUT2D eigenvalue weighted by molar-refractivity contribution is -0.128. The zero-order valence-electron chi connectivity index (χ0n) is 13.6. The molecule has 0 saturated carbocycles. The Bertz CT molecular complexity index is 428. The van der Waals surface area contributed by atoms with E-state index < -0.39 is 0 Å². The maximum Gasteiger partial charge on any atom is 0.246 e. The molecule has 1 aliphatic rings. The number of hydrogen-bond donors (Lipinski definition) is 1. The van der Waals surface area contributed by atoms with Crippen LogP contribution in [0.5, 0.6) is 0 Å². The molecule has 1 saturated heterocycles. The minimum atomic E-state index is 0.0140. The third-order valence-electron chi connectivity index (χ3n) is 4.09. The van der Waals surface area contributed by atoms with Gasteiger partial charge in [0.1, 0.15) is 6.61 Å². The Kier molecular flexibility index (Phi) is 7.40. The number of piperidine rings is 1. The second-order valence-electron chi connectivity index (χ2n) is 5.98. The molecule has 2 rings (SSSR count). The molecule has 0 aromatic heterocycles. The minimum absolute atomic E-state index is 0.0140. The summed E-state index contributed by atoms with van der Waals surface area (Å²) in [5.41, 5.74) is 1.36. The van der Waals surface area contributed by atoms with Crippen LogP contribution in [-0.2, 0) is 16.1 Å². The third-order valence-corrected chi connectivity index (χ3v) is 4.09. The molecule has 0 unspecified atom stereocenters. The van der Waals surface area contributed by atoms with Crippen molar-refractivity contribution in [1.82, 2.24) is 10.2 Å². The van der Waals surface area contributed by atoms with Gasteiger partial charge in [0, 0.05) is 26.2 Å². The van der Waals surface area contributed by atoms with Gasteiger partial charge in [0.15, 0.2) is 0 Å². The molecule has 0 spiro atoms. The monoisotopic (exact) mass is 304 g/mol. The summed E-state index contributed by atoms with van der Waals surface area (Å²) in [7, 11) is 0. The van der Waals surface area contributed by atoms with Crippen LogP contribution in [0.1, 0.15) is 38.2 Å². The van der Waals surface area contributed by atoms with Crippen LogP contribution in [-0.4, -0.2) is 43.2 Å². The molecule has 4 nitrogen and oxygen atoms in total. The topological polar surface area (TPSA) is 41.6 Å². The van der Waals surface area contributed by atoms with Gasteiger partial charge in [-0.2, -0.15) is 0 Å². The zero-order valence-corrected chi connectivity index (χ0v) is 13.6. The fraction of sp³-hybridized carbons (Fsp3) is 0.611. The number of ether oxygens (including phenoxy) is 1. The van der Waals surface area contributed by atoms with Crippen LogP contribution >= 0.6 is 0 Å². The van der Waals surface area contributed by atoms with Crippen molar-refractivity contribution in [2.75, 3.05) is 26.2 Å². The summed E-state index contributed by atoms with van der Waals surface area (Å²) in [6, 6.07) is 10.6. The van der Waals surface area contributed by atoms with E-state index in [0.29, 0.717) is 0 Å². The predicted octanol–water partition coefficient (Wildman–Crippen LogP) is 2.58. The average molecular weight is 304 g/mol. The Morgan fingerprint density at radius 1 is 1.27 bits per heavy atom. The van der Waals surface area contributed by atoms with Crippen molar-refractivity contribution in [2.24, 2.45) is 0 Å². The largest absolute Gasteiger partial charge is 0.368 e. The summed E-state index contributed by atoms with van der Waals surface area (Å²) in [4.78, 5) is 14.1. The average Bonchev–Trinajstić information content (AvgIpc) is 2.55. The molecule has 1 aromatic rings. The molecule has 1 fully saturated rings. The summed E-state index contributed by atoms with van der Waals surface area (Å²) in [5.74, 6) is 0.0140. The van der Waals surface area contributed by atoms with Crippen LogP contribution < -0.4 is 5.32 Å². The molecule has 1 heterocycles. The molecular weight excluding hydrogens is 276 g/mol. The van der Waals surface area contributed by atoms with Gasteiger partial charge in [-0.25, -0.2) is 0 Å². The van der Waals surface area contributed by atoms with Crippen molar-refractivity contribution in [1.29, 1.82) is 0 Å². The van der Waals surface area contributed by atoms with Gasteiger partial charge in [-0.05, 0) is 24.8 Å². The van der Waals surface area contributed by atoms with E-state index in [9.17, 15) is 4.79 Å². The Hall–Kier alpha value is -1.39. The third kappa shape index (κ3) is 6.16. The highest BCUT2D eigenvalue weighted by Gasteiger charge is 2.20. The fourth-order valence-corrected chi connectivity index (χ4v) is 2.72. The van der Waals surface area contributed by atoms with Crippen molar-refractivity contribution in [2.45, 2.75) is 45.3 Å². The molecule has 122 valence electrons. The van der Waals surface area contributed by atoms with E-state index in [2.05, 4.69) is 47.5 Å². The summed E-state index contributed by atoms with van der Waals surface area (Å²) in [5, 5.41) is 2.89. The quantitative estimate of drug-likeness (QED) is 0.751. The minimum Gasteiger partial charge on any atom is -0.368 e. The molecule has 1 amide bonds. The lowest BCUT2D eigenvalue weighted by atomic mass is 10.1. The SMILES string of the molecule is CCCCNC(=O)COC1CCN(Cc2ccccc2)CC1. The molecule has 0 radical (unpaired) electrons. The van der Waals surface area contributed by atoms with Gasteiger partial charge in [0.2, 0.25) is 5.91 Å². The molecule has 22 heavy (non-hydrogen) atoms. The van der Waals surface area contributed by atoms with Crippen molar-refractivity contribution < 1.29 is 9.53 Å². The van der Waals surface area contributed by atoms with Crippen LogP contribution in [0.2, 0.25) is 0 Å². The number of carbonyl (C=O) groups excluding carboxylic acids is 1. The van der Waals surface area contributed by atoms with Gasteiger partial charge in [0.05, 0.1) is 6.10 Å². The van der Waals surface area contributed by atoms with E-state index in [1.165, 1.54) is 5.56 Å². The molecule has 1 aliphatic heterocycles. The maximum absolute atomic E-state index is 11.6. The highest BCUT2D eigenvalue weighted by atomic mass is 16.5. The first-order chi connectivity index (χ1) is 10.8. The molecule has 1 N–H and O–H groups in total. The second-order valence-corrected chi connectivity index (χ2v) is 5.98. The highest BCUT2D eigenvalue weighted by molar-refractivity contribution is 5.77. The summed E-state index contributed by atoms with van der Waals surface area (Å²) >= 11 is 0. The number of unbranched alkanes of at least 4 members (excludes halogenated alkanes) is 1. The summed E-state index contributed by atoms with van der Waals surface area (Å²) in [6.45, 7) is 6.16. The lowest BCUT2D eigenvalue weighted by Gasteiger charge is -2.31. The Labute approximate surface area is 133 Å². The van der Waals surface area contributed by atoms with Crippen LogP contribution in [0, 0.1) is 0 Å². The Balaban J connectivity index is 1.60. The van der Waals surface area contributed by atoms with Gasteiger partial charge < -0.3 is 10.1 Å². The highest BCUT2D eigenvalue weighted by Crippen LogP contribution is 2.16. The first-order valence-electron chi connectivity index (χ1n) is 8.42. The molecule has 0 aliphatic carbocycles. The lowest BCUT2D eigenvalue weighted by Crippen LogP contribution is -2.38. The first kappa shape index (κ1) is 17.0. The van der Waals surface area contributed by atoms with E-state index >= 15 is 0 Å². The van der Waals surface area contributed by atoms with E-state index in [1.807, 2.05) is 0 Å². The van der Waals surface area contributed by atoms with Crippen LogP contribution in [0.15, 0.2) is 30.3 Å². The standard InChI is InChI=1S/C18H28N2O2/c1-2-3-11-19-18(21)15-22-17-9-12-20(13-10-17)14-16-7-5-4-6-8-16/h4-8,17H,2-3,9-15H2,1H3,(H,19,21). The van der Waals surface area contributed by atoms with E-state index in [1.54, 1.807) is 0 Å². The van der Waals surface area contributed by atoms with E-state index in [4.69, 9.17) is 4.74 Å². The van der Waals surface area contributed by atoms with E-state index in [0.717, 1.165) is 51.9 Å². The number of hydrogen-bond acceptors (Lipinski definition) is 3. The van der Waals surface area contributed by atoms with Crippen molar-refractivity contribution in [3.63, 3.8) is 0 Å². The van der Waals surface area contributed by atoms with Crippen LogP contribution in [0.25, 0.3) is 0 Å². The summed E-state index contributed by atoms with van der Waals surface area (Å²) < 4.78 is 5.74. The Morgan fingerprint density at radius 3 is 2.68 bits per heavy atom. The predicted molar refractivity (Wildman–Crippen MR) is 88.6 cm³/mol. The van der Waals surface area contributed by atoms with E-state index in [-0.39, 0.29) is 18.6 Å². The van der Waals surface area contributed by atoms with Crippen molar-refractivity contribution in [3.8, 4) is 0 Å². The maximum atomic E-state index is 11.6. The number of carbonyl (C=O) groups is 1. The first-order valence-corrected chi connectivity index (χ1v) is 8.42. The molecule has 4 heteroatoms. The Morgan fingerprint density at radius 2 is 2.00 bits per heavy atom. The number of benzene rings is 1. The number of likely N-dealkylation sites (tertiary alicyclic amines) is 1.